The Hall–Kier alpha value is -3.17. The zero-order valence-electron chi connectivity index (χ0n) is 22.7. The number of likely N-dealkylation sites (N-methyl/N-ethyl adjacent to an activating group) is 1. The van der Waals surface area contributed by atoms with Crippen LogP contribution in [0.5, 0.6) is 5.75 Å². The largest absolute Gasteiger partial charge is 0.490 e. The van der Waals surface area contributed by atoms with Gasteiger partial charge in [-0.25, -0.2) is 18.4 Å². The summed E-state index contributed by atoms with van der Waals surface area (Å²) >= 11 is 1.20. The number of hydrogen-bond acceptors (Lipinski definition) is 12. The molecule has 12 nitrogen and oxygen atoms in total. The molecule has 0 unspecified atom stereocenters. The average Bonchev–Trinajstić information content (AvgIpc) is 3.59. The van der Waals surface area contributed by atoms with Crippen LogP contribution < -0.4 is 10.1 Å². The number of pyridine rings is 1. The van der Waals surface area contributed by atoms with Crippen LogP contribution in [0, 0.1) is 0 Å². The Balaban J connectivity index is 1.55. The maximum absolute atomic E-state index is 13.4. The van der Waals surface area contributed by atoms with Crippen molar-refractivity contribution >= 4 is 48.3 Å². The van der Waals surface area contributed by atoms with Crippen molar-refractivity contribution in [2.24, 2.45) is 5.16 Å². The molecule has 1 aromatic carbocycles. The predicted molar refractivity (Wildman–Crippen MR) is 152 cm³/mol. The summed E-state index contributed by atoms with van der Waals surface area (Å²) in [6, 6.07) is 7.72. The molecule has 3 heterocycles. The summed E-state index contributed by atoms with van der Waals surface area (Å²) in [6.45, 7) is 2.48. The topological polar surface area (TPSA) is 142 Å². The van der Waals surface area contributed by atoms with Gasteiger partial charge in [0.1, 0.15) is 22.7 Å². The molecule has 0 aliphatic carbocycles. The molecular formula is C26H33N5O7S2. The van der Waals surface area contributed by atoms with Gasteiger partial charge in [0.05, 0.1) is 23.9 Å². The molecule has 3 aromatic rings. The van der Waals surface area contributed by atoms with E-state index in [0.717, 1.165) is 6.54 Å². The summed E-state index contributed by atoms with van der Waals surface area (Å²) in [5, 5.41) is 7.23. The van der Waals surface area contributed by atoms with Gasteiger partial charge in [-0.05, 0) is 32.6 Å². The first-order valence-electron chi connectivity index (χ1n) is 12.7. The van der Waals surface area contributed by atoms with E-state index in [0.29, 0.717) is 66.1 Å². The van der Waals surface area contributed by atoms with E-state index in [1.54, 1.807) is 12.3 Å². The standard InChI is InChI=1S/C26H33N5O7S2/c1-31(2)12-15-37-21-9-11-27-25-23(21)28-26(39-25)29-24(32)22(30-38-19-10-14-36-17-19)18-5-7-20(8-6-18)40(33,34)16-4-13-35-3/h5-9,11,19H,4,10,12-17H2,1-3H3,(H,28,29,32)/t19-/m1/s1. The number of methoxy groups -OCH3 is 1. The fraction of sp³-hybridized carbons (Fsp3) is 0.462. The van der Waals surface area contributed by atoms with Crippen LogP contribution in [0.1, 0.15) is 18.4 Å². The summed E-state index contributed by atoms with van der Waals surface area (Å²) < 4.78 is 41.4. The van der Waals surface area contributed by atoms with Gasteiger partial charge in [-0.2, -0.15) is 0 Å². The Kier molecular flexibility index (Phi) is 10.4. The van der Waals surface area contributed by atoms with Crippen LogP contribution in [0.15, 0.2) is 46.6 Å². The van der Waals surface area contributed by atoms with Crippen LogP contribution in [-0.4, -0.2) is 101 Å². The van der Waals surface area contributed by atoms with Crippen molar-refractivity contribution in [2.45, 2.75) is 23.8 Å². The lowest BCUT2D eigenvalue weighted by atomic mass is 10.1. The molecular weight excluding hydrogens is 558 g/mol. The molecule has 216 valence electrons. The number of hydrogen-bond donors (Lipinski definition) is 1. The number of ether oxygens (including phenoxy) is 3. The molecule has 1 amide bonds. The molecule has 4 rings (SSSR count). The number of nitrogens with one attached hydrogen (secondary N) is 1. The number of nitrogens with zero attached hydrogens (tertiary/aromatic N) is 4. The van der Waals surface area contributed by atoms with Gasteiger partial charge in [-0.1, -0.05) is 28.6 Å². The van der Waals surface area contributed by atoms with Gasteiger partial charge in [-0.15, -0.1) is 0 Å². The molecule has 1 saturated heterocycles. The van der Waals surface area contributed by atoms with E-state index in [-0.39, 0.29) is 22.5 Å². The third-order valence-corrected chi connectivity index (χ3v) is 8.62. The van der Waals surface area contributed by atoms with Gasteiger partial charge in [0, 0.05) is 44.5 Å². The maximum atomic E-state index is 13.4. The quantitative estimate of drug-likeness (QED) is 0.169. The number of rotatable bonds is 14. The molecule has 2 aromatic heterocycles. The van der Waals surface area contributed by atoms with Gasteiger partial charge >= 0.3 is 0 Å². The van der Waals surface area contributed by atoms with Gasteiger partial charge in [0.15, 0.2) is 26.8 Å². The number of oxime groups is 1. The van der Waals surface area contributed by atoms with Gasteiger partial charge in [0.25, 0.3) is 5.91 Å². The number of sulfone groups is 1. The lowest BCUT2D eigenvalue weighted by Crippen LogP contribution is -2.25. The minimum atomic E-state index is -3.50. The summed E-state index contributed by atoms with van der Waals surface area (Å²) in [4.78, 5) is 30.6. The fourth-order valence-electron chi connectivity index (χ4n) is 3.76. The highest BCUT2D eigenvalue weighted by Crippen LogP contribution is 2.30. The summed E-state index contributed by atoms with van der Waals surface area (Å²) in [5.74, 6) is -0.0353. The Labute approximate surface area is 237 Å². The molecule has 0 bridgehead atoms. The van der Waals surface area contributed by atoms with Crippen LogP contribution in [0.25, 0.3) is 10.3 Å². The van der Waals surface area contributed by atoms with E-state index in [2.05, 4.69) is 20.4 Å². The minimum Gasteiger partial charge on any atom is -0.490 e. The van der Waals surface area contributed by atoms with E-state index in [1.165, 1.54) is 42.7 Å². The van der Waals surface area contributed by atoms with Crippen LogP contribution in [0.4, 0.5) is 5.13 Å². The van der Waals surface area contributed by atoms with Crippen molar-refractivity contribution in [3.05, 3.63) is 42.1 Å². The first-order chi connectivity index (χ1) is 19.3. The molecule has 0 radical (unpaired) electrons. The van der Waals surface area contributed by atoms with E-state index in [1.807, 2.05) is 19.0 Å². The van der Waals surface area contributed by atoms with Crippen LogP contribution >= 0.6 is 11.3 Å². The summed E-state index contributed by atoms with van der Waals surface area (Å²) in [7, 11) is 1.94. The van der Waals surface area contributed by atoms with Crippen molar-refractivity contribution in [1.82, 2.24) is 14.9 Å². The Bertz CT molecular complexity index is 1420. The van der Waals surface area contributed by atoms with Crippen LogP contribution in [-0.2, 0) is 28.9 Å². The number of aromatic nitrogens is 2. The number of anilines is 1. The van der Waals surface area contributed by atoms with Crippen LogP contribution in [0.3, 0.4) is 0 Å². The second-order valence-corrected chi connectivity index (χ2v) is 12.4. The number of fused-ring (bicyclic) bond motifs is 1. The van der Waals surface area contributed by atoms with Gasteiger partial charge in [0.2, 0.25) is 0 Å². The molecule has 0 spiro atoms. The van der Waals surface area contributed by atoms with E-state index in [9.17, 15) is 13.2 Å². The molecule has 1 N–H and O–H groups in total. The van der Waals surface area contributed by atoms with Crippen molar-refractivity contribution in [1.29, 1.82) is 0 Å². The smallest absolute Gasteiger partial charge is 0.280 e. The SMILES string of the molecule is COCCCS(=O)(=O)c1ccc(C(=NO[C@@H]2CCOC2)C(=O)Nc2nc3c(OCCN(C)C)ccnc3s2)cc1. The number of carbonyl (C=O) groups excluding carboxylic acids is 1. The lowest BCUT2D eigenvalue weighted by Gasteiger charge is -2.11. The molecule has 1 atom stereocenters. The second kappa shape index (κ2) is 13.9. The predicted octanol–water partition coefficient (Wildman–Crippen LogP) is 2.59. The number of benzene rings is 1. The monoisotopic (exact) mass is 591 g/mol. The zero-order valence-corrected chi connectivity index (χ0v) is 24.3. The first-order valence-corrected chi connectivity index (χ1v) is 15.2. The third kappa shape index (κ3) is 7.95. The first kappa shape index (κ1) is 29.8. The molecule has 0 saturated carbocycles. The number of carbonyl (C=O) groups is 1. The Morgan fingerprint density at radius 2 is 2.02 bits per heavy atom. The Morgan fingerprint density at radius 1 is 1.23 bits per heavy atom. The van der Waals surface area contributed by atoms with Crippen molar-refractivity contribution in [2.75, 3.05) is 65.2 Å². The third-order valence-electron chi connectivity index (χ3n) is 5.92. The van der Waals surface area contributed by atoms with Crippen molar-refractivity contribution < 1.29 is 32.3 Å². The highest BCUT2D eigenvalue weighted by atomic mass is 32.2. The maximum Gasteiger partial charge on any atom is 0.280 e. The molecule has 1 aliphatic heterocycles. The van der Waals surface area contributed by atoms with E-state index in [4.69, 9.17) is 19.0 Å². The van der Waals surface area contributed by atoms with Gasteiger partial charge < -0.3 is 23.9 Å². The summed E-state index contributed by atoms with van der Waals surface area (Å²) in [6.07, 6.45) is 2.38. The second-order valence-electron chi connectivity index (χ2n) is 9.31. The van der Waals surface area contributed by atoms with E-state index >= 15 is 0 Å². The minimum absolute atomic E-state index is 0.0232. The Morgan fingerprint density at radius 3 is 2.73 bits per heavy atom. The molecule has 1 aliphatic rings. The van der Waals surface area contributed by atoms with Crippen molar-refractivity contribution in [3.8, 4) is 5.75 Å². The normalized spacial score (nSPS) is 16.0. The van der Waals surface area contributed by atoms with E-state index < -0.39 is 15.7 Å². The highest BCUT2D eigenvalue weighted by Gasteiger charge is 2.23. The van der Waals surface area contributed by atoms with Gasteiger partial charge in [-0.3, -0.25) is 10.1 Å². The zero-order chi connectivity index (χ0) is 28.5. The number of amides is 1. The average molecular weight is 592 g/mol. The molecule has 14 heteroatoms. The summed E-state index contributed by atoms with van der Waals surface area (Å²) in [5.41, 5.74) is 0.909. The molecule has 1 fully saturated rings. The lowest BCUT2D eigenvalue weighted by molar-refractivity contribution is -0.110. The molecule has 40 heavy (non-hydrogen) atoms. The highest BCUT2D eigenvalue weighted by molar-refractivity contribution is 7.91. The number of thiazole rings is 1. The van der Waals surface area contributed by atoms with Crippen LogP contribution in [0.2, 0.25) is 0 Å². The van der Waals surface area contributed by atoms with Crippen molar-refractivity contribution in [3.63, 3.8) is 0 Å². The fourth-order valence-corrected chi connectivity index (χ4v) is 5.86.